The first-order valence-corrected chi connectivity index (χ1v) is 10.9. The van der Waals surface area contributed by atoms with Crippen LogP contribution in [0.4, 0.5) is 0 Å². The molecule has 0 radical (unpaired) electrons. The van der Waals surface area contributed by atoms with Gasteiger partial charge in [0, 0.05) is 6.54 Å². The number of benzene rings is 1. The monoisotopic (exact) mass is 375 g/mol. The summed E-state index contributed by atoms with van der Waals surface area (Å²) in [5, 5.41) is 0. The van der Waals surface area contributed by atoms with Crippen molar-refractivity contribution in [2.75, 3.05) is 31.8 Å². The van der Waals surface area contributed by atoms with Crippen LogP contribution < -0.4 is 4.74 Å². The molecule has 0 amide bonds. The van der Waals surface area contributed by atoms with Gasteiger partial charge in [-0.15, -0.1) is 0 Å². The van der Waals surface area contributed by atoms with Crippen LogP contribution in [0.3, 0.4) is 0 Å². The molecule has 2 fully saturated rings. The molecule has 2 atom stereocenters. The van der Waals surface area contributed by atoms with Crippen LogP contribution in [0.15, 0.2) is 17.0 Å². The second-order valence-corrected chi connectivity index (χ2v) is 10.2. The molecule has 0 saturated carbocycles. The van der Waals surface area contributed by atoms with Gasteiger partial charge in [0.15, 0.2) is 9.84 Å². The molecule has 7 nitrogen and oxygen atoms in total. The standard InChI is InChI=1S/C15H21NO6S2/c1-10-6-12(21-3)7-11(2)15(10)24(19,20)16-4-5-22-14-9-23(17,18)8-13(14)16/h6-7,13-14H,4-5,8-9H2,1-3H3. The van der Waals surface area contributed by atoms with Crippen molar-refractivity contribution >= 4 is 19.9 Å². The molecule has 1 aromatic rings. The Labute approximate surface area is 142 Å². The quantitative estimate of drug-likeness (QED) is 0.764. The fourth-order valence-electron chi connectivity index (χ4n) is 3.54. The average molecular weight is 375 g/mol. The van der Waals surface area contributed by atoms with Crippen molar-refractivity contribution in [2.45, 2.75) is 30.9 Å². The van der Waals surface area contributed by atoms with E-state index in [1.54, 1.807) is 26.0 Å². The third kappa shape index (κ3) is 2.94. The summed E-state index contributed by atoms with van der Waals surface area (Å²) in [5.41, 5.74) is 1.16. The van der Waals surface area contributed by atoms with E-state index in [4.69, 9.17) is 9.47 Å². The summed E-state index contributed by atoms with van der Waals surface area (Å²) in [6.45, 7) is 3.78. The van der Waals surface area contributed by atoms with Crippen LogP contribution in [0.25, 0.3) is 0 Å². The first-order chi connectivity index (χ1) is 11.2. The number of morpholine rings is 1. The first kappa shape index (κ1) is 17.7. The van der Waals surface area contributed by atoms with Gasteiger partial charge in [0.1, 0.15) is 5.75 Å². The summed E-state index contributed by atoms with van der Waals surface area (Å²) >= 11 is 0. The van der Waals surface area contributed by atoms with Crippen molar-refractivity contribution in [1.29, 1.82) is 0 Å². The molecule has 3 rings (SSSR count). The highest BCUT2D eigenvalue weighted by Gasteiger charge is 2.48. The average Bonchev–Trinajstić information content (AvgIpc) is 2.79. The Morgan fingerprint density at radius 2 is 1.83 bits per heavy atom. The molecule has 9 heteroatoms. The van der Waals surface area contributed by atoms with E-state index in [1.165, 1.54) is 11.4 Å². The van der Waals surface area contributed by atoms with E-state index in [0.29, 0.717) is 16.9 Å². The molecule has 2 aliphatic heterocycles. The molecular weight excluding hydrogens is 354 g/mol. The Hall–Kier alpha value is -1.16. The highest BCUT2D eigenvalue weighted by molar-refractivity contribution is 7.92. The van der Waals surface area contributed by atoms with E-state index in [-0.39, 0.29) is 29.6 Å². The minimum absolute atomic E-state index is 0.121. The van der Waals surface area contributed by atoms with Gasteiger partial charge in [0.2, 0.25) is 10.0 Å². The van der Waals surface area contributed by atoms with Gasteiger partial charge in [-0.2, -0.15) is 4.31 Å². The van der Waals surface area contributed by atoms with Crippen LogP contribution in [0.2, 0.25) is 0 Å². The highest BCUT2D eigenvalue weighted by atomic mass is 32.2. The second-order valence-electron chi connectivity index (χ2n) is 6.26. The zero-order chi connectivity index (χ0) is 17.7. The van der Waals surface area contributed by atoms with Crippen LogP contribution in [-0.4, -0.2) is 65.1 Å². The molecule has 2 saturated heterocycles. The highest BCUT2D eigenvalue weighted by Crippen LogP contribution is 2.33. The summed E-state index contributed by atoms with van der Waals surface area (Å²) in [4.78, 5) is 0.216. The van der Waals surface area contributed by atoms with Crippen LogP contribution in [0.5, 0.6) is 5.75 Å². The molecule has 0 spiro atoms. The van der Waals surface area contributed by atoms with E-state index >= 15 is 0 Å². The zero-order valence-electron chi connectivity index (χ0n) is 13.9. The van der Waals surface area contributed by atoms with Crippen molar-refractivity contribution in [2.24, 2.45) is 0 Å². The fraction of sp³-hybridized carbons (Fsp3) is 0.600. The van der Waals surface area contributed by atoms with Crippen molar-refractivity contribution in [1.82, 2.24) is 4.31 Å². The molecule has 0 aliphatic carbocycles. The van der Waals surface area contributed by atoms with Crippen molar-refractivity contribution in [3.05, 3.63) is 23.3 Å². The van der Waals surface area contributed by atoms with E-state index in [1.807, 2.05) is 0 Å². The van der Waals surface area contributed by atoms with E-state index in [9.17, 15) is 16.8 Å². The van der Waals surface area contributed by atoms with Crippen molar-refractivity contribution < 1.29 is 26.3 Å². The van der Waals surface area contributed by atoms with Gasteiger partial charge in [-0.1, -0.05) is 0 Å². The molecule has 2 aliphatic rings. The fourth-order valence-corrected chi connectivity index (χ4v) is 7.55. The van der Waals surface area contributed by atoms with Crippen LogP contribution >= 0.6 is 0 Å². The number of sulfonamides is 1. The topological polar surface area (TPSA) is 90.0 Å². The van der Waals surface area contributed by atoms with Gasteiger partial charge in [0.05, 0.1) is 42.3 Å². The number of hydrogen-bond acceptors (Lipinski definition) is 6. The summed E-state index contributed by atoms with van der Waals surface area (Å²) in [5.74, 6) is 0.280. The van der Waals surface area contributed by atoms with Crippen LogP contribution in [-0.2, 0) is 24.6 Å². The maximum Gasteiger partial charge on any atom is 0.244 e. The molecule has 1 aromatic carbocycles. The van der Waals surface area contributed by atoms with Crippen LogP contribution in [0, 0.1) is 13.8 Å². The van der Waals surface area contributed by atoms with Gasteiger partial charge < -0.3 is 9.47 Å². The smallest absolute Gasteiger partial charge is 0.244 e. The van der Waals surface area contributed by atoms with Crippen molar-refractivity contribution in [3.63, 3.8) is 0 Å². The number of hydrogen-bond donors (Lipinski definition) is 0. The molecule has 0 aromatic heterocycles. The molecule has 134 valence electrons. The summed E-state index contributed by atoms with van der Waals surface area (Å²) < 4.78 is 62.2. The number of rotatable bonds is 3. The lowest BCUT2D eigenvalue weighted by Crippen LogP contribution is -2.53. The molecule has 0 bridgehead atoms. The maximum atomic E-state index is 13.2. The predicted octanol–water partition coefficient (Wildman–Crippen LogP) is 0.499. The Morgan fingerprint density at radius 3 is 2.42 bits per heavy atom. The Kier molecular flexibility index (Phi) is 4.40. The number of sulfone groups is 1. The Balaban J connectivity index is 2.05. The van der Waals surface area contributed by atoms with E-state index in [2.05, 4.69) is 0 Å². The molecule has 0 N–H and O–H groups in total. The molecule has 2 heterocycles. The number of aryl methyl sites for hydroxylation is 2. The van der Waals surface area contributed by atoms with E-state index in [0.717, 1.165) is 0 Å². The lowest BCUT2D eigenvalue weighted by molar-refractivity contribution is -0.0142. The van der Waals surface area contributed by atoms with Gasteiger partial charge in [0.25, 0.3) is 0 Å². The van der Waals surface area contributed by atoms with Gasteiger partial charge in [-0.3, -0.25) is 0 Å². The first-order valence-electron chi connectivity index (χ1n) is 7.65. The largest absolute Gasteiger partial charge is 0.497 e. The maximum absolute atomic E-state index is 13.2. The number of nitrogens with zero attached hydrogens (tertiary/aromatic N) is 1. The van der Waals surface area contributed by atoms with Gasteiger partial charge >= 0.3 is 0 Å². The molecular formula is C15H21NO6S2. The third-order valence-corrected chi connectivity index (χ3v) is 8.44. The summed E-state index contributed by atoms with van der Waals surface area (Å²) in [6, 6.07) is 2.68. The molecule has 24 heavy (non-hydrogen) atoms. The minimum Gasteiger partial charge on any atom is -0.497 e. The SMILES string of the molecule is COc1cc(C)c(S(=O)(=O)N2CCOC3CS(=O)(=O)CC32)c(C)c1. The lowest BCUT2D eigenvalue weighted by Gasteiger charge is -2.36. The van der Waals surface area contributed by atoms with Gasteiger partial charge in [-0.05, 0) is 37.1 Å². The number of methoxy groups -OCH3 is 1. The third-order valence-electron chi connectivity index (χ3n) is 4.52. The number of ether oxygens (including phenoxy) is 2. The van der Waals surface area contributed by atoms with Crippen molar-refractivity contribution in [3.8, 4) is 5.75 Å². The molecule has 2 unspecified atom stereocenters. The predicted molar refractivity (Wildman–Crippen MR) is 88.5 cm³/mol. The van der Waals surface area contributed by atoms with Crippen LogP contribution in [0.1, 0.15) is 11.1 Å². The van der Waals surface area contributed by atoms with Gasteiger partial charge in [-0.25, -0.2) is 16.8 Å². The number of fused-ring (bicyclic) bond motifs is 1. The van der Waals surface area contributed by atoms with E-state index < -0.39 is 32.0 Å². The lowest BCUT2D eigenvalue weighted by atomic mass is 10.1. The normalized spacial score (nSPS) is 27.0. The Bertz CT molecular complexity index is 839. The Morgan fingerprint density at radius 1 is 1.21 bits per heavy atom. The zero-order valence-corrected chi connectivity index (χ0v) is 15.5. The summed E-state index contributed by atoms with van der Waals surface area (Å²) in [7, 11) is -5.58. The summed E-state index contributed by atoms with van der Waals surface area (Å²) in [6.07, 6.45) is -0.586. The second kappa shape index (κ2) is 5.98. The minimum atomic E-state index is -3.82.